The molecule has 0 spiro atoms. The van der Waals surface area contributed by atoms with Crippen LogP contribution in [0.4, 0.5) is 5.95 Å². The zero-order valence-corrected chi connectivity index (χ0v) is 11.9. The molecule has 104 valence electrons. The molecule has 0 bridgehead atoms. The lowest BCUT2D eigenvalue weighted by molar-refractivity contribution is 0.190. The Bertz CT molecular complexity index is 531. The summed E-state index contributed by atoms with van der Waals surface area (Å²) in [5, 5.41) is 7.74. The first-order chi connectivity index (χ1) is 9.08. The summed E-state index contributed by atoms with van der Waals surface area (Å²) < 4.78 is 9.01. The number of nitrogens with one attached hydrogen (secondary N) is 1. The van der Waals surface area contributed by atoms with Gasteiger partial charge in [-0.25, -0.2) is 4.98 Å². The fourth-order valence-electron chi connectivity index (χ4n) is 2.02. The smallest absolute Gasteiger partial charge is 0.203 e. The van der Waals surface area contributed by atoms with Crippen LogP contribution < -0.4 is 5.32 Å². The summed E-state index contributed by atoms with van der Waals surface area (Å²) in [6.45, 7) is 5.42. The van der Waals surface area contributed by atoms with Gasteiger partial charge in [-0.05, 0) is 19.9 Å². The molecule has 0 fully saturated rings. The van der Waals surface area contributed by atoms with Crippen molar-refractivity contribution in [2.45, 2.75) is 26.4 Å². The van der Waals surface area contributed by atoms with Crippen molar-refractivity contribution in [1.29, 1.82) is 0 Å². The summed E-state index contributed by atoms with van der Waals surface area (Å²) >= 11 is 0. The molecule has 1 unspecified atom stereocenters. The molecule has 0 saturated carbocycles. The molecule has 0 aliphatic heterocycles. The Hall–Kier alpha value is -1.82. The second kappa shape index (κ2) is 5.88. The second-order valence-electron chi connectivity index (χ2n) is 4.82. The van der Waals surface area contributed by atoms with Crippen LogP contribution in [0.2, 0.25) is 0 Å². The van der Waals surface area contributed by atoms with Crippen molar-refractivity contribution in [3.63, 3.8) is 0 Å². The molecule has 0 aliphatic carbocycles. The van der Waals surface area contributed by atoms with Crippen LogP contribution in [0.15, 0.2) is 18.5 Å². The maximum Gasteiger partial charge on any atom is 0.203 e. The highest BCUT2D eigenvalue weighted by atomic mass is 16.5. The summed E-state index contributed by atoms with van der Waals surface area (Å²) in [6, 6.07) is 2.23. The molecule has 19 heavy (non-hydrogen) atoms. The van der Waals surface area contributed by atoms with Gasteiger partial charge in [0.1, 0.15) is 0 Å². The average molecular weight is 263 g/mol. The maximum absolute atomic E-state index is 5.13. The quantitative estimate of drug-likeness (QED) is 0.856. The second-order valence-corrected chi connectivity index (χ2v) is 4.82. The van der Waals surface area contributed by atoms with E-state index in [1.165, 1.54) is 0 Å². The van der Waals surface area contributed by atoms with Gasteiger partial charge in [0.15, 0.2) is 0 Å². The van der Waals surface area contributed by atoms with Crippen molar-refractivity contribution in [2.75, 3.05) is 19.0 Å². The van der Waals surface area contributed by atoms with Gasteiger partial charge in [0.2, 0.25) is 5.95 Å². The van der Waals surface area contributed by atoms with Gasteiger partial charge < -0.3 is 14.6 Å². The van der Waals surface area contributed by atoms with Crippen LogP contribution in [-0.2, 0) is 18.3 Å². The van der Waals surface area contributed by atoms with Crippen LogP contribution in [0.3, 0.4) is 0 Å². The van der Waals surface area contributed by atoms with E-state index in [2.05, 4.69) is 26.9 Å². The molecule has 2 aromatic rings. The Morgan fingerprint density at radius 1 is 1.47 bits per heavy atom. The lowest BCUT2D eigenvalue weighted by Gasteiger charge is -2.14. The highest BCUT2D eigenvalue weighted by Crippen LogP contribution is 2.12. The van der Waals surface area contributed by atoms with Crippen LogP contribution in [0.25, 0.3) is 0 Å². The van der Waals surface area contributed by atoms with Gasteiger partial charge in [0.25, 0.3) is 0 Å². The first kappa shape index (κ1) is 13.6. The van der Waals surface area contributed by atoms with Gasteiger partial charge in [-0.15, -0.1) is 0 Å². The molecule has 2 aromatic heterocycles. The van der Waals surface area contributed by atoms with Crippen LogP contribution >= 0.6 is 0 Å². The van der Waals surface area contributed by atoms with E-state index in [0.29, 0.717) is 13.2 Å². The minimum absolute atomic E-state index is 0.217. The third-order valence-electron chi connectivity index (χ3n) is 2.79. The Morgan fingerprint density at radius 2 is 2.26 bits per heavy atom. The fourth-order valence-corrected chi connectivity index (χ4v) is 2.02. The monoisotopic (exact) mass is 263 g/mol. The van der Waals surface area contributed by atoms with E-state index >= 15 is 0 Å². The molecular formula is C13H21N5O. The lowest BCUT2D eigenvalue weighted by Crippen LogP contribution is -2.23. The van der Waals surface area contributed by atoms with E-state index in [1.54, 1.807) is 11.8 Å². The molecule has 0 saturated heterocycles. The largest absolute Gasteiger partial charge is 0.383 e. The predicted molar refractivity (Wildman–Crippen MR) is 74.2 cm³/mol. The van der Waals surface area contributed by atoms with Gasteiger partial charge in [-0.3, -0.25) is 4.68 Å². The molecular weight excluding hydrogens is 242 g/mol. The summed E-state index contributed by atoms with van der Waals surface area (Å²) in [6.07, 6.45) is 3.97. The summed E-state index contributed by atoms with van der Waals surface area (Å²) in [5.41, 5.74) is 2.00. The van der Waals surface area contributed by atoms with E-state index in [4.69, 9.17) is 4.74 Å². The number of imidazole rings is 1. The Labute approximate surface area is 113 Å². The molecule has 6 heteroatoms. The number of aromatic nitrogens is 4. The number of hydrogen-bond acceptors (Lipinski definition) is 4. The molecule has 0 amide bonds. The topological polar surface area (TPSA) is 56.9 Å². The van der Waals surface area contributed by atoms with Crippen molar-refractivity contribution in [1.82, 2.24) is 19.3 Å². The number of hydrogen-bond donors (Lipinski definition) is 1. The maximum atomic E-state index is 5.13. The summed E-state index contributed by atoms with van der Waals surface area (Å²) in [5.74, 6) is 0.854. The van der Waals surface area contributed by atoms with Crippen molar-refractivity contribution in [3.8, 4) is 0 Å². The highest BCUT2D eigenvalue weighted by Gasteiger charge is 2.10. The van der Waals surface area contributed by atoms with Crippen LogP contribution in [-0.4, -0.2) is 39.1 Å². The third kappa shape index (κ3) is 3.57. The molecule has 1 atom stereocenters. The molecule has 6 nitrogen and oxygen atoms in total. The summed E-state index contributed by atoms with van der Waals surface area (Å²) in [4.78, 5) is 4.50. The first-order valence-electron chi connectivity index (χ1n) is 6.36. The number of rotatable bonds is 6. The zero-order valence-electron chi connectivity index (χ0n) is 11.9. The molecule has 0 aromatic carbocycles. The van der Waals surface area contributed by atoms with Crippen LogP contribution in [0, 0.1) is 6.92 Å². The van der Waals surface area contributed by atoms with Gasteiger partial charge in [0.05, 0.1) is 24.5 Å². The van der Waals surface area contributed by atoms with Crippen molar-refractivity contribution in [2.24, 2.45) is 7.05 Å². The van der Waals surface area contributed by atoms with E-state index in [9.17, 15) is 0 Å². The average Bonchev–Trinajstić information content (AvgIpc) is 2.87. The Morgan fingerprint density at radius 3 is 2.89 bits per heavy atom. The predicted octanol–water partition coefficient (Wildman–Crippen LogP) is 1.42. The van der Waals surface area contributed by atoms with E-state index in [-0.39, 0.29) is 6.04 Å². The molecule has 1 N–H and O–H groups in total. The molecule has 0 radical (unpaired) electrons. The molecule has 2 heterocycles. The molecule has 0 aliphatic rings. The van der Waals surface area contributed by atoms with E-state index < -0.39 is 0 Å². The number of aryl methyl sites for hydroxylation is 2. The molecule has 2 rings (SSSR count). The van der Waals surface area contributed by atoms with Crippen LogP contribution in [0.5, 0.6) is 0 Å². The Balaban J connectivity index is 2.11. The fraction of sp³-hybridized carbons (Fsp3) is 0.538. The lowest BCUT2D eigenvalue weighted by atomic mass is 10.4. The SMILES string of the molecule is COCC(C)Nc1nc(C)cn1Cc1ccn(C)n1. The first-order valence-corrected chi connectivity index (χ1v) is 6.36. The zero-order chi connectivity index (χ0) is 13.8. The number of anilines is 1. The van der Waals surface area contributed by atoms with Gasteiger partial charge >= 0.3 is 0 Å². The Kier molecular flexibility index (Phi) is 4.21. The van der Waals surface area contributed by atoms with Gasteiger partial charge in [0, 0.05) is 32.6 Å². The number of methoxy groups -OCH3 is 1. The minimum Gasteiger partial charge on any atom is -0.383 e. The number of nitrogens with zero attached hydrogens (tertiary/aromatic N) is 4. The van der Waals surface area contributed by atoms with E-state index in [0.717, 1.165) is 17.3 Å². The van der Waals surface area contributed by atoms with E-state index in [1.807, 2.05) is 32.4 Å². The minimum atomic E-state index is 0.217. The number of ether oxygens (including phenoxy) is 1. The normalized spacial score (nSPS) is 12.6. The third-order valence-corrected chi connectivity index (χ3v) is 2.79. The van der Waals surface area contributed by atoms with Gasteiger partial charge in [-0.2, -0.15) is 5.10 Å². The van der Waals surface area contributed by atoms with Crippen molar-refractivity contribution in [3.05, 3.63) is 29.8 Å². The van der Waals surface area contributed by atoms with Gasteiger partial charge in [-0.1, -0.05) is 0 Å². The van der Waals surface area contributed by atoms with Crippen LogP contribution in [0.1, 0.15) is 18.3 Å². The van der Waals surface area contributed by atoms with Crippen molar-refractivity contribution >= 4 is 5.95 Å². The summed E-state index contributed by atoms with van der Waals surface area (Å²) in [7, 11) is 3.62. The highest BCUT2D eigenvalue weighted by molar-refractivity contribution is 5.31. The standard InChI is InChI=1S/C13H21N5O/c1-10-7-18(8-12-5-6-17(3)16-12)13(14-10)15-11(2)9-19-4/h5-7,11H,8-9H2,1-4H3,(H,14,15). The van der Waals surface area contributed by atoms with Crippen molar-refractivity contribution < 1.29 is 4.74 Å².